The molecule has 3 aromatic carbocycles. The van der Waals surface area contributed by atoms with Crippen molar-refractivity contribution >= 4 is 28.6 Å². The van der Waals surface area contributed by atoms with E-state index in [1.807, 2.05) is 84.3 Å². The topological polar surface area (TPSA) is 84.2 Å². The molecule has 0 aliphatic carbocycles. The summed E-state index contributed by atoms with van der Waals surface area (Å²) in [4.78, 5) is 28.5. The number of carboxylic acids is 1. The Morgan fingerprint density at radius 2 is 1.84 bits per heavy atom. The third kappa shape index (κ3) is 4.80. The number of aryl methyl sites for hydroxylation is 1. The van der Waals surface area contributed by atoms with Crippen molar-refractivity contribution in [2.24, 2.45) is 0 Å². The molecule has 0 fully saturated rings. The molecule has 0 radical (unpaired) electrons. The number of fused-ring (bicyclic) bond motifs is 1. The predicted molar refractivity (Wildman–Crippen MR) is 120 cm³/mol. The van der Waals surface area contributed by atoms with E-state index in [0.29, 0.717) is 5.69 Å². The lowest BCUT2D eigenvalue weighted by Crippen LogP contribution is -2.15. The monoisotopic (exact) mass is 413 g/mol. The number of nitrogens with one attached hydrogen (secondary N) is 1. The van der Waals surface area contributed by atoms with E-state index in [-0.39, 0.29) is 18.7 Å². The van der Waals surface area contributed by atoms with Crippen LogP contribution in [-0.4, -0.2) is 26.5 Å². The lowest BCUT2D eigenvalue weighted by atomic mass is 10.0. The van der Waals surface area contributed by atoms with Crippen LogP contribution >= 0.6 is 0 Å². The molecule has 0 saturated carbocycles. The van der Waals surface area contributed by atoms with E-state index in [1.54, 1.807) is 6.33 Å². The maximum atomic E-state index is 12.5. The number of hydrogen-bond acceptors (Lipinski definition) is 3. The van der Waals surface area contributed by atoms with Crippen LogP contribution in [0.15, 0.2) is 79.1 Å². The van der Waals surface area contributed by atoms with Gasteiger partial charge in [0.15, 0.2) is 0 Å². The first kappa shape index (κ1) is 20.3. The Hall–Kier alpha value is -3.93. The minimum Gasteiger partial charge on any atom is -0.481 e. The van der Waals surface area contributed by atoms with Crippen LogP contribution in [0.2, 0.25) is 0 Å². The van der Waals surface area contributed by atoms with E-state index in [4.69, 9.17) is 0 Å². The van der Waals surface area contributed by atoms with Crippen LogP contribution in [0.1, 0.15) is 29.2 Å². The Balaban J connectivity index is 1.62. The molecular formula is C25H23N3O3. The molecule has 0 bridgehead atoms. The minimum atomic E-state index is -0.890. The number of amides is 1. The summed E-state index contributed by atoms with van der Waals surface area (Å²) in [6.45, 7) is 2.00. The summed E-state index contributed by atoms with van der Waals surface area (Å²) < 4.78 is 1.86. The molecule has 1 amide bonds. The summed E-state index contributed by atoms with van der Waals surface area (Å²) in [6.07, 6.45) is 1.87. The van der Waals surface area contributed by atoms with Crippen LogP contribution < -0.4 is 5.32 Å². The normalized spacial score (nSPS) is 11.9. The maximum absolute atomic E-state index is 12.5. The molecule has 4 rings (SSSR count). The SMILES string of the molecule is Cc1cccc(CC(=O)Nc2ccc3ncn(C(CC(=O)O)c4ccccc4)c3c2)c1. The number of rotatable bonds is 7. The minimum absolute atomic E-state index is 0.0700. The first-order valence-corrected chi connectivity index (χ1v) is 10.1. The number of carbonyl (C=O) groups is 2. The van der Waals surface area contributed by atoms with Crippen molar-refractivity contribution in [2.45, 2.75) is 25.8 Å². The lowest BCUT2D eigenvalue weighted by Gasteiger charge is -2.18. The zero-order chi connectivity index (χ0) is 21.8. The number of hydrogen-bond donors (Lipinski definition) is 2. The molecule has 0 aliphatic heterocycles. The molecule has 156 valence electrons. The van der Waals surface area contributed by atoms with E-state index in [9.17, 15) is 14.7 Å². The standard InChI is InChI=1S/C25H23N3O3/c1-17-6-5-7-18(12-17)13-24(29)27-20-10-11-21-23(14-20)28(16-26-21)22(15-25(30)31)19-8-3-2-4-9-19/h2-12,14,16,22H,13,15H2,1H3,(H,27,29)(H,30,31). The summed E-state index contributed by atoms with van der Waals surface area (Å²) in [7, 11) is 0. The number of anilines is 1. The van der Waals surface area contributed by atoms with Crippen molar-refractivity contribution in [2.75, 3.05) is 5.32 Å². The van der Waals surface area contributed by atoms with E-state index in [0.717, 1.165) is 27.7 Å². The van der Waals surface area contributed by atoms with Gasteiger partial charge in [0.1, 0.15) is 0 Å². The van der Waals surface area contributed by atoms with Crippen molar-refractivity contribution in [3.8, 4) is 0 Å². The molecule has 0 spiro atoms. The summed E-state index contributed by atoms with van der Waals surface area (Å²) in [5.41, 5.74) is 5.11. The van der Waals surface area contributed by atoms with Crippen LogP contribution in [-0.2, 0) is 16.0 Å². The van der Waals surface area contributed by atoms with Crippen LogP contribution in [0, 0.1) is 6.92 Å². The first-order chi connectivity index (χ1) is 15.0. The average Bonchev–Trinajstić information content (AvgIpc) is 3.15. The van der Waals surface area contributed by atoms with Crippen molar-refractivity contribution in [3.63, 3.8) is 0 Å². The van der Waals surface area contributed by atoms with Crippen molar-refractivity contribution < 1.29 is 14.7 Å². The van der Waals surface area contributed by atoms with Gasteiger partial charge in [-0.1, -0.05) is 60.2 Å². The van der Waals surface area contributed by atoms with Crippen molar-refractivity contribution in [1.29, 1.82) is 0 Å². The number of aliphatic carboxylic acids is 1. The van der Waals surface area contributed by atoms with E-state index in [1.165, 1.54) is 0 Å². The fourth-order valence-corrected chi connectivity index (χ4v) is 3.78. The Labute approximate surface area is 180 Å². The molecule has 6 nitrogen and oxygen atoms in total. The Morgan fingerprint density at radius 3 is 2.58 bits per heavy atom. The molecule has 4 aromatic rings. The highest BCUT2D eigenvalue weighted by Crippen LogP contribution is 2.28. The van der Waals surface area contributed by atoms with Gasteiger partial charge >= 0.3 is 5.97 Å². The van der Waals surface area contributed by atoms with E-state index < -0.39 is 12.0 Å². The molecule has 1 heterocycles. The van der Waals surface area contributed by atoms with Gasteiger partial charge in [0.25, 0.3) is 0 Å². The number of nitrogens with zero attached hydrogens (tertiary/aromatic N) is 2. The van der Waals surface area contributed by atoms with Crippen LogP contribution in [0.25, 0.3) is 11.0 Å². The van der Waals surface area contributed by atoms with Gasteiger partial charge < -0.3 is 15.0 Å². The second-order valence-corrected chi connectivity index (χ2v) is 7.59. The van der Waals surface area contributed by atoms with Gasteiger partial charge in [0.2, 0.25) is 5.91 Å². The van der Waals surface area contributed by atoms with Crippen LogP contribution in [0.3, 0.4) is 0 Å². The maximum Gasteiger partial charge on any atom is 0.305 e. The van der Waals surface area contributed by atoms with Gasteiger partial charge in [-0.25, -0.2) is 4.98 Å². The number of aromatic nitrogens is 2. The molecule has 6 heteroatoms. The fourth-order valence-electron chi connectivity index (χ4n) is 3.78. The fraction of sp³-hybridized carbons (Fsp3) is 0.160. The molecule has 0 aliphatic rings. The van der Waals surface area contributed by atoms with Gasteiger partial charge in [0, 0.05) is 5.69 Å². The first-order valence-electron chi connectivity index (χ1n) is 10.1. The summed E-state index contributed by atoms with van der Waals surface area (Å²) in [5, 5.41) is 12.4. The molecule has 1 atom stereocenters. The van der Waals surface area contributed by atoms with Gasteiger partial charge in [-0.15, -0.1) is 0 Å². The summed E-state index contributed by atoms with van der Waals surface area (Å²) >= 11 is 0. The molecular weight excluding hydrogens is 390 g/mol. The Kier molecular flexibility index (Phi) is 5.80. The van der Waals surface area contributed by atoms with Gasteiger partial charge in [-0.3, -0.25) is 9.59 Å². The predicted octanol–water partition coefficient (Wildman–Crippen LogP) is 4.59. The molecule has 2 N–H and O–H groups in total. The van der Waals surface area contributed by atoms with Gasteiger partial charge in [0.05, 0.1) is 36.2 Å². The highest BCUT2D eigenvalue weighted by molar-refractivity contribution is 5.94. The summed E-state index contributed by atoms with van der Waals surface area (Å²) in [5.74, 6) is -1.00. The molecule has 0 saturated heterocycles. The van der Waals surface area contributed by atoms with Crippen molar-refractivity contribution in [1.82, 2.24) is 9.55 Å². The second kappa shape index (κ2) is 8.83. The van der Waals surface area contributed by atoms with Crippen molar-refractivity contribution in [3.05, 3.63) is 95.8 Å². The lowest BCUT2D eigenvalue weighted by molar-refractivity contribution is -0.137. The zero-order valence-electron chi connectivity index (χ0n) is 17.2. The number of benzene rings is 3. The van der Waals surface area contributed by atoms with Gasteiger partial charge in [-0.2, -0.15) is 0 Å². The van der Waals surface area contributed by atoms with E-state index in [2.05, 4.69) is 10.3 Å². The molecule has 31 heavy (non-hydrogen) atoms. The average molecular weight is 413 g/mol. The number of carboxylic acid groups (broad SMARTS) is 1. The smallest absolute Gasteiger partial charge is 0.305 e. The number of imidazole rings is 1. The largest absolute Gasteiger partial charge is 0.481 e. The van der Waals surface area contributed by atoms with Crippen LogP contribution in [0.5, 0.6) is 0 Å². The quantitative estimate of drug-likeness (QED) is 0.464. The Bertz CT molecular complexity index is 1230. The molecule has 1 aromatic heterocycles. The third-order valence-corrected chi connectivity index (χ3v) is 5.19. The van der Waals surface area contributed by atoms with Gasteiger partial charge in [-0.05, 0) is 36.2 Å². The number of carbonyl (C=O) groups excluding carboxylic acids is 1. The Morgan fingerprint density at radius 1 is 1.03 bits per heavy atom. The zero-order valence-corrected chi connectivity index (χ0v) is 17.2. The third-order valence-electron chi connectivity index (χ3n) is 5.19. The van der Waals surface area contributed by atoms with Crippen LogP contribution in [0.4, 0.5) is 5.69 Å². The van der Waals surface area contributed by atoms with E-state index >= 15 is 0 Å². The highest BCUT2D eigenvalue weighted by atomic mass is 16.4. The highest BCUT2D eigenvalue weighted by Gasteiger charge is 2.20. The molecule has 1 unspecified atom stereocenters. The summed E-state index contributed by atoms with van der Waals surface area (Å²) in [6, 6.07) is 22.4. The second-order valence-electron chi connectivity index (χ2n) is 7.59.